The lowest BCUT2D eigenvalue weighted by Gasteiger charge is -2.04. The van der Waals surface area contributed by atoms with Gasteiger partial charge in [0.15, 0.2) is 0 Å². The molecule has 70 valence electrons. The Kier molecular flexibility index (Phi) is 3.65. The van der Waals surface area contributed by atoms with Crippen LogP contribution < -0.4 is 10.5 Å². The van der Waals surface area contributed by atoms with Crippen LogP contribution in [-0.4, -0.2) is 6.61 Å². The molecule has 0 amide bonds. The van der Waals surface area contributed by atoms with E-state index in [4.69, 9.17) is 22.1 Å². The number of halogens is 1. The molecule has 2 N–H and O–H groups in total. The molecule has 0 bridgehead atoms. The van der Waals surface area contributed by atoms with Gasteiger partial charge in [0.25, 0.3) is 0 Å². The molecule has 1 aromatic carbocycles. The van der Waals surface area contributed by atoms with Crippen LogP contribution in [0.25, 0.3) is 0 Å². The fraction of sp³-hybridized carbons (Fsp3) is 0.200. The third kappa shape index (κ3) is 2.99. The zero-order chi connectivity index (χ0) is 9.68. The third-order valence-corrected chi connectivity index (χ3v) is 1.88. The highest BCUT2D eigenvalue weighted by Gasteiger charge is 1.97. The summed E-state index contributed by atoms with van der Waals surface area (Å²) in [6.45, 7) is 2.50. The van der Waals surface area contributed by atoms with Gasteiger partial charge in [-0.05, 0) is 19.1 Å². The quantitative estimate of drug-likeness (QED) is 0.598. The number of allylic oxidation sites excluding steroid dienone is 1. The van der Waals surface area contributed by atoms with E-state index >= 15 is 0 Å². The van der Waals surface area contributed by atoms with Crippen LogP contribution in [-0.2, 0) is 0 Å². The summed E-state index contributed by atoms with van der Waals surface area (Å²) in [6.07, 6.45) is 3.85. The largest absolute Gasteiger partial charge is 0.489 e. The van der Waals surface area contributed by atoms with Crippen molar-refractivity contribution in [2.45, 2.75) is 6.92 Å². The zero-order valence-electron chi connectivity index (χ0n) is 7.46. The number of hydrogen-bond donors (Lipinski definition) is 1. The van der Waals surface area contributed by atoms with Crippen LogP contribution >= 0.6 is 11.6 Å². The minimum Gasteiger partial charge on any atom is -0.489 e. The molecule has 1 aromatic rings. The van der Waals surface area contributed by atoms with Crippen molar-refractivity contribution in [3.8, 4) is 5.75 Å². The Bertz CT molecular complexity index is 310. The van der Waals surface area contributed by atoms with Crippen LogP contribution in [0.1, 0.15) is 6.92 Å². The Morgan fingerprint density at radius 1 is 1.54 bits per heavy atom. The molecule has 0 radical (unpaired) electrons. The first-order valence-electron chi connectivity index (χ1n) is 4.03. The van der Waals surface area contributed by atoms with E-state index in [1.807, 2.05) is 19.1 Å². The SMILES string of the molecule is C/C=C/COc1ccc(N)c(Cl)c1. The molecular weight excluding hydrogens is 186 g/mol. The highest BCUT2D eigenvalue weighted by atomic mass is 35.5. The number of anilines is 1. The molecule has 0 spiro atoms. The molecule has 0 fully saturated rings. The number of benzene rings is 1. The van der Waals surface area contributed by atoms with Crippen molar-refractivity contribution in [1.82, 2.24) is 0 Å². The maximum atomic E-state index is 5.80. The van der Waals surface area contributed by atoms with Crippen molar-refractivity contribution < 1.29 is 4.74 Å². The normalized spacial score (nSPS) is 10.6. The molecule has 2 nitrogen and oxygen atoms in total. The van der Waals surface area contributed by atoms with E-state index in [0.29, 0.717) is 17.3 Å². The fourth-order valence-corrected chi connectivity index (χ4v) is 1.01. The highest BCUT2D eigenvalue weighted by Crippen LogP contribution is 2.23. The first-order valence-corrected chi connectivity index (χ1v) is 4.41. The standard InChI is InChI=1S/C10H12ClNO/c1-2-3-6-13-8-4-5-10(12)9(11)7-8/h2-5,7H,6,12H2,1H3/b3-2+. The minimum absolute atomic E-state index is 0.526. The van der Waals surface area contributed by atoms with E-state index in [9.17, 15) is 0 Å². The zero-order valence-corrected chi connectivity index (χ0v) is 8.21. The van der Waals surface area contributed by atoms with E-state index in [0.717, 1.165) is 5.75 Å². The monoisotopic (exact) mass is 197 g/mol. The number of hydrogen-bond acceptors (Lipinski definition) is 2. The molecule has 0 saturated carbocycles. The molecular formula is C10H12ClNO. The van der Waals surface area contributed by atoms with Gasteiger partial charge in [-0.1, -0.05) is 23.8 Å². The molecule has 3 heteroatoms. The van der Waals surface area contributed by atoms with E-state index in [1.165, 1.54) is 0 Å². The van der Waals surface area contributed by atoms with Crippen LogP contribution in [0.15, 0.2) is 30.4 Å². The fourth-order valence-electron chi connectivity index (χ4n) is 0.838. The highest BCUT2D eigenvalue weighted by molar-refractivity contribution is 6.33. The van der Waals surface area contributed by atoms with Gasteiger partial charge in [-0.15, -0.1) is 0 Å². The molecule has 0 aromatic heterocycles. The summed E-state index contributed by atoms with van der Waals surface area (Å²) < 4.78 is 5.36. The Morgan fingerprint density at radius 3 is 2.92 bits per heavy atom. The summed E-state index contributed by atoms with van der Waals surface area (Å²) in [7, 11) is 0. The van der Waals surface area contributed by atoms with E-state index < -0.39 is 0 Å². The molecule has 1 rings (SSSR count). The maximum absolute atomic E-state index is 5.80. The Morgan fingerprint density at radius 2 is 2.31 bits per heavy atom. The van der Waals surface area contributed by atoms with Crippen molar-refractivity contribution >= 4 is 17.3 Å². The summed E-state index contributed by atoms with van der Waals surface area (Å²) in [5.41, 5.74) is 6.11. The van der Waals surface area contributed by atoms with Crippen LogP contribution in [0, 0.1) is 0 Å². The van der Waals surface area contributed by atoms with Gasteiger partial charge in [0, 0.05) is 6.07 Å². The second kappa shape index (κ2) is 4.77. The molecule has 0 aliphatic heterocycles. The average molecular weight is 198 g/mol. The summed E-state index contributed by atoms with van der Waals surface area (Å²) >= 11 is 5.80. The van der Waals surface area contributed by atoms with Crippen LogP contribution in [0.5, 0.6) is 5.75 Å². The van der Waals surface area contributed by atoms with Gasteiger partial charge < -0.3 is 10.5 Å². The van der Waals surface area contributed by atoms with Gasteiger partial charge in [0.2, 0.25) is 0 Å². The van der Waals surface area contributed by atoms with Crippen molar-refractivity contribution in [3.63, 3.8) is 0 Å². The average Bonchev–Trinajstić information content (AvgIpc) is 2.12. The van der Waals surface area contributed by atoms with Crippen LogP contribution in [0.3, 0.4) is 0 Å². The molecule has 0 atom stereocenters. The van der Waals surface area contributed by atoms with Gasteiger partial charge in [0.1, 0.15) is 12.4 Å². The Hall–Kier alpha value is -1.15. The van der Waals surface area contributed by atoms with Gasteiger partial charge >= 0.3 is 0 Å². The van der Waals surface area contributed by atoms with Gasteiger partial charge in [-0.3, -0.25) is 0 Å². The van der Waals surface area contributed by atoms with E-state index in [-0.39, 0.29) is 0 Å². The number of nitrogen functional groups attached to an aromatic ring is 1. The van der Waals surface area contributed by atoms with Crippen LogP contribution in [0.4, 0.5) is 5.69 Å². The lowest BCUT2D eigenvalue weighted by molar-refractivity contribution is 0.363. The minimum atomic E-state index is 0.526. The summed E-state index contributed by atoms with van der Waals surface area (Å²) in [4.78, 5) is 0. The summed E-state index contributed by atoms with van der Waals surface area (Å²) in [5.74, 6) is 0.734. The number of rotatable bonds is 3. The van der Waals surface area contributed by atoms with E-state index in [1.54, 1.807) is 18.2 Å². The molecule has 0 unspecified atom stereocenters. The van der Waals surface area contributed by atoms with Gasteiger partial charge in [-0.2, -0.15) is 0 Å². The molecule has 0 saturated heterocycles. The molecule has 0 aliphatic carbocycles. The first kappa shape index (κ1) is 9.93. The molecule has 13 heavy (non-hydrogen) atoms. The molecule has 0 aliphatic rings. The van der Waals surface area contributed by atoms with Crippen molar-refractivity contribution in [2.75, 3.05) is 12.3 Å². The predicted molar refractivity (Wildman–Crippen MR) is 56.2 cm³/mol. The smallest absolute Gasteiger partial charge is 0.121 e. The molecule has 0 heterocycles. The summed E-state index contributed by atoms with van der Waals surface area (Å²) in [6, 6.07) is 5.23. The maximum Gasteiger partial charge on any atom is 0.121 e. The third-order valence-electron chi connectivity index (χ3n) is 1.55. The van der Waals surface area contributed by atoms with Gasteiger partial charge in [0.05, 0.1) is 10.7 Å². The number of nitrogens with two attached hydrogens (primary N) is 1. The van der Waals surface area contributed by atoms with Crippen molar-refractivity contribution in [2.24, 2.45) is 0 Å². The summed E-state index contributed by atoms with van der Waals surface area (Å²) in [5, 5.41) is 0.526. The predicted octanol–water partition coefficient (Wildman–Crippen LogP) is 2.88. The van der Waals surface area contributed by atoms with Gasteiger partial charge in [-0.25, -0.2) is 0 Å². The van der Waals surface area contributed by atoms with E-state index in [2.05, 4.69) is 0 Å². The van der Waals surface area contributed by atoms with Crippen LogP contribution in [0.2, 0.25) is 5.02 Å². The van der Waals surface area contributed by atoms with Crippen molar-refractivity contribution in [3.05, 3.63) is 35.4 Å². The Balaban J connectivity index is 2.63. The topological polar surface area (TPSA) is 35.2 Å². The van der Waals surface area contributed by atoms with Crippen molar-refractivity contribution in [1.29, 1.82) is 0 Å². The first-order chi connectivity index (χ1) is 6.24. The Labute approximate surface area is 83.0 Å². The lowest BCUT2D eigenvalue weighted by Crippen LogP contribution is -1.94. The number of ether oxygens (including phenoxy) is 1. The second-order valence-corrected chi connectivity index (χ2v) is 2.97. The lowest BCUT2D eigenvalue weighted by atomic mass is 10.3. The second-order valence-electron chi connectivity index (χ2n) is 2.56.